The van der Waals surface area contributed by atoms with Gasteiger partial charge >= 0.3 is 0 Å². The van der Waals surface area contributed by atoms with Crippen LogP contribution in [-0.2, 0) is 11.2 Å². The van der Waals surface area contributed by atoms with Gasteiger partial charge in [-0.25, -0.2) is 9.97 Å². The highest BCUT2D eigenvalue weighted by atomic mass is 16.5. The molecule has 0 amide bonds. The highest BCUT2D eigenvalue weighted by Crippen LogP contribution is 2.09. The predicted molar refractivity (Wildman–Crippen MR) is 69.5 cm³/mol. The number of pyridine rings is 1. The molecule has 18 heavy (non-hydrogen) atoms. The number of nitrogens with zero attached hydrogens (tertiary/aromatic N) is 3. The third kappa shape index (κ3) is 2.68. The molecule has 0 atom stereocenters. The van der Waals surface area contributed by atoms with Crippen LogP contribution in [0.1, 0.15) is 12.2 Å². The van der Waals surface area contributed by atoms with Gasteiger partial charge in [-0.05, 0) is 25.1 Å². The standard InChI is InChI=1S/C13H18N4O/c1-3-11-13(14-5-1)16-12(15-11)4-2-6-17-7-9-18-10-8-17/h1,3,5H,2,4,6-10H2,(H,14,15,16). The average Bonchev–Trinajstić information content (AvgIpc) is 2.82. The SMILES string of the molecule is c1cnc2nc(CCCN3CCOCC3)[nH]c2c1. The van der Waals surface area contributed by atoms with Gasteiger partial charge in [0.15, 0.2) is 5.65 Å². The van der Waals surface area contributed by atoms with Crippen LogP contribution in [0.2, 0.25) is 0 Å². The minimum Gasteiger partial charge on any atom is -0.379 e. The highest BCUT2D eigenvalue weighted by molar-refractivity contribution is 5.69. The van der Waals surface area contributed by atoms with Gasteiger partial charge in [-0.15, -0.1) is 0 Å². The Labute approximate surface area is 106 Å². The van der Waals surface area contributed by atoms with E-state index in [2.05, 4.69) is 19.9 Å². The van der Waals surface area contributed by atoms with E-state index in [1.807, 2.05) is 12.1 Å². The fourth-order valence-electron chi connectivity index (χ4n) is 2.31. The maximum absolute atomic E-state index is 5.34. The summed E-state index contributed by atoms with van der Waals surface area (Å²) in [6.45, 7) is 4.97. The summed E-state index contributed by atoms with van der Waals surface area (Å²) < 4.78 is 5.34. The number of rotatable bonds is 4. The topological polar surface area (TPSA) is 54.0 Å². The molecule has 2 aromatic rings. The molecule has 3 rings (SSSR count). The number of ether oxygens (including phenoxy) is 1. The summed E-state index contributed by atoms with van der Waals surface area (Å²) in [5.41, 5.74) is 1.85. The van der Waals surface area contributed by atoms with Crippen LogP contribution in [0.4, 0.5) is 0 Å². The minimum atomic E-state index is 0.818. The van der Waals surface area contributed by atoms with Crippen molar-refractivity contribution in [2.45, 2.75) is 12.8 Å². The van der Waals surface area contributed by atoms with E-state index < -0.39 is 0 Å². The van der Waals surface area contributed by atoms with E-state index in [-0.39, 0.29) is 0 Å². The van der Waals surface area contributed by atoms with Gasteiger partial charge in [-0.3, -0.25) is 4.90 Å². The first-order valence-corrected chi connectivity index (χ1v) is 6.51. The molecule has 0 bridgehead atoms. The molecule has 1 aliphatic rings. The number of morpholine rings is 1. The summed E-state index contributed by atoms with van der Waals surface area (Å²) in [5, 5.41) is 0. The second kappa shape index (κ2) is 5.46. The summed E-state index contributed by atoms with van der Waals surface area (Å²) >= 11 is 0. The van der Waals surface area contributed by atoms with Crippen LogP contribution in [0.15, 0.2) is 18.3 Å². The molecule has 96 valence electrons. The zero-order valence-electron chi connectivity index (χ0n) is 10.4. The van der Waals surface area contributed by atoms with Crippen LogP contribution < -0.4 is 0 Å². The molecule has 5 nitrogen and oxygen atoms in total. The van der Waals surface area contributed by atoms with Crippen molar-refractivity contribution in [3.8, 4) is 0 Å². The Morgan fingerprint density at radius 1 is 1.33 bits per heavy atom. The summed E-state index contributed by atoms with van der Waals surface area (Å²) in [6.07, 6.45) is 3.88. The van der Waals surface area contributed by atoms with Gasteiger partial charge in [0.25, 0.3) is 0 Å². The monoisotopic (exact) mass is 246 g/mol. The van der Waals surface area contributed by atoms with Gasteiger partial charge in [-0.2, -0.15) is 0 Å². The fourth-order valence-corrected chi connectivity index (χ4v) is 2.31. The molecule has 0 saturated carbocycles. The number of aromatic amines is 1. The lowest BCUT2D eigenvalue weighted by Crippen LogP contribution is -2.36. The summed E-state index contributed by atoms with van der Waals surface area (Å²) in [4.78, 5) is 14.5. The van der Waals surface area contributed by atoms with Crippen LogP contribution in [0, 0.1) is 0 Å². The Balaban J connectivity index is 1.53. The number of imidazole rings is 1. The molecule has 0 aliphatic carbocycles. The fraction of sp³-hybridized carbons (Fsp3) is 0.538. The van der Waals surface area contributed by atoms with E-state index in [9.17, 15) is 0 Å². The summed E-state index contributed by atoms with van der Waals surface area (Å²) in [7, 11) is 0. The molecule has 1 aliphatic heterocycles. The first-order valence-electron chi connectivity index (χ1n) is 6.51. The predicted octanol–water partition coefficient (Wildman–Crippen LogP) is 1.22. The Morgan fingerprint density at radius 2 is 2.22 bits per heavy atom. The van der Waals surface area contributed by atoms with Gasteiger partial charge in [0.2, 0.25) is 0 Å². The van der Waals surface area contributed by atoms with Crippen LogP contribution in [0.25, 0.3) is 11.2 Å². The maximum Gasteiger partial charge on any atom is 0.177 e. The van der Waals surface area contributed by atoms with Gasteiger partial charge < -0.3 is 9.72 Å². The van der Waals surface area contributed by atoms with Crippen LogP contribution in [-0.4, -0.2) is 52.7 Å². The van der Waals surface area contributed by atoms with Crippen molar-refractivity contribution in [3.63, 3.8) is 0 Å². The Morgan fingerprint density at radius 3 is 3.06 bits per heavy atom. The van der Waals surface area contributed by atoms with Crippen molar-refractivity contribution in [1.29, 1.82) is 0 Å². The molecular formula is C13H18N4O. The maximum atomic E-state index is 5.34. The molecular weight excluding hydrogens is 228 g/mol. The van der Waals surface area contributed by atoms with Gasteiger partial charge in [-0.1, -0.05) is 0 Å². The lowest BCUT2D eigenvalue weighted by atomic mass is 10.2. The van der Waals surface area contributed by atoms with Crippen molar-refractivity contribution in [3.05, 3.63) is 24.2 Å². The molecule has 0 spiro atoms. The van der Waals surface area contributed by atoms with Gasteiger partial charge in [0.05, 0.1) is 18.7 Å². The van der Waals surface area contributed by atoms with Crippen molar-refractivity contribution in [2.24, 2.45) is 0 Å². The Bertz CT molecular complexity index is 471. The van der Waals surface area contributed by atoms with E-state index in [0.29, 0.717) is 0 Å². The molecule has 0 unspecified atom stereocenters. The second-order valence-corrected chi connectivity index (χ2v) is 4.62. The Kier molecular flexibility index (Phi) is 3.52. The number of hydrogen-bond donors (Lipinski definition) is 1. The molecule has 5 heteroatoms. The van der Waals surface area contributed by atoms with Crippen molar-refractivity contribution in [1.82, 2.24) is 19.9 Å². The van der Waals surface area contributed by atoms with E-state index >= 15 is 0 Å². The number of fused-ring (bicyclic) bond motifs is 1. The molecule has 1 fully saturated rings. The van der Waals surface area contributed by atoms with Crippen molar-refractivity contribution >= 4 is 11.2 Å². The Hall–Kier alpha value is -1.46. The first-order chi connectivity index (χ1) is 8.92. The third-order valence-electron chi connectivity index (χ3n) is 3.30. The number of hydrogen-bond acceptors (Lipinski definition) is 4. The molecule has 0 aromatic carbocycles. The molecule has 3 heterocycles. The van der Waals surface area contributed by atoms with Crippen LogP contribution in [0.3, 0.4) is 0 Å². The summed E-state index contributed by atoms with van der Waals surface area (Å²) in [6, 6.07) is 3.94. The lowest BCUT2D eigenvalue weighted by Gasteiger charge is -2.26. The molecule has 1 N–H and O–H groups in total. The smallest absolute Gasteiger partial charge is 0.177 e. The normalized spacial score (nSPS) is 17.3. The largest absolute Gasteiger partial charge is 0.379 e. The summed E-state index contributed by atoms with van der Waals surface area (Å²) in [5.74, 6) is 1.04. The van der Waals surface area contributed by atoms with Crippen molar-refractivity contribution in [2.75, 3.05) is 32.8 Å². The van der Waals surface area contributed by atoms with E-state index in [1.165, 1.54) is 0 Å². The van der Waals surface area contributed by atoms with E-state index in [0.717, 1.165) is 62.7 Å². The number of nitrogens with one attached hydrogen (secondary N) is 1. The van der Waals surface area contributed by atoms with Gasteiger partial charge in [0, 0.05) is 25.7 Å². The zero-order valence-corrected chi connectivity index (χ0v) is 10.4. The van der Waals surface area contributed by atoms with Crippen molar-refractivity contribution < 1.29 is 4.74 Å². The van der Waals surface area contributed by atoms with Crippen LogP contribution in [0.5, 0.6) is 0 Å². The average molecular weight is 246 g/mol. The van der Waals surface area contributed by atoms with E-state index in [1.54, 1.807) is 6.20 Å². The molecule has 2 aromatic heterocycles. The van der Waals surface area contributed by atoms with Gasteiger partial charge in [0.1, 0.15) is 5.82 Å². The zero-order chi connectivity index (χ0) is 12.2. The third-order valence-corrected chi connectivity index (χ3v) is 3.30. The quantitative estimate of drug-likeness (QED) is 0.881. The molecule has 0 radical (unpaired) electrons. The number of aromatic nitrogens is 3. The van der Waals surface area contributed by atoms with Crippen LogP contribution >= 0.6 is 0 Å². The first kappa shape index (κ1) is 11.6. The molecule has 1 saturated heterocycles. The second-order valence-electron chi connectivity index (χ2n) is 4.62. The highest BCUT2D eigenvalue weighted by Gasteiger charge is 2.10. The lowest BCUT2D eigenvalue weighted by molar-refractivity contribution is 0.0374. The number of H-pyrrole nitrogens is 1. The minimum absolute atomic E-state index is 0.818. The van der Waals surface area contributed by atoms with E-state index in [4.69, 9.17) is 4.74 Å². The number of aryl methyl sites for hydroxylation is 1.